The van der Waals surface area contributed by atoms with Gasteiger partial charge in [0.15, 0.2) is 5.82 Å². The van der Waals surface area contributed by atoms with Crippen LogP contribution in [-0.2, 0) is 13.2 Å². The lowest BCUT2D eigenvalue weighted by molar-refractivity contribution is -0.146. The molecular weight excluding hydrogens is 326 g/mol. The fourth-order valence-corrected chi connectivity index (χ4v) is 2.10. The van der Waals surface area contributed by atoms with E-state index in [1.807, 2.05) is 0 Å². The van der Waals surface area contributed by atoms with Crippen molar-refractivity contribution in [2.75, 3.05) is 5.32 Å². The molecule has 0 atom stereocenters. The monoisotopic (exact) mass is 336 g/mol. The second-order valence-corrected chi connectivity index (χ2v) is 4.83. The molecule has 0 saturated carbocycles. The van der Waals surface area contributed by atoms with Crippen molar-refractivity contribution in [2.24, 2.45) is 7.05 Å². The summed E-state index contributed by atoms with van der Waals surface area (Å²) in [6.45, 7) is 0. The van der Waals surface area contributed by atoms with Crippen LogP contribution in [0.2, 0.25) is 0 Å². The summed E-state index contributed by atoms with van der Waals surface area (Å²) in [5, 5.41) is 2.84. The average molecular weight is 336 g/mol. The molecule has 0 saturated heterocycles. The Hall–Kier alpha value is -2.97. The van der Waals surface area contributed by atoms with E-state index in [4.69, 9.17) is 0 Å². The highest BCUT2D eigenvalue weighted by Gasteiger charge is 2.37. The minimum Gasteiger partial charge on any atom is -0.324 e. The van der Waals surface area contributed by atoms with E-state index in [1.54, 1.807) is 24.3 Å². The van der Waals surface area contributed by atoms with E-state index in [-0.39, 0.29) is 17.3 Å². The standard InChI is InChI=1S/C15H10F4N5/c1-24-11(8-20-13(24)15(17,18)19)12-10(16)7-21-14(23-12)22-9-5-3-2-4-6-9/h3-8H,1H3,(H,21,22,23). The Morgan fingerprint density at radius 1 is 1.12 bits per heavy atom. The van der Waals surface area contributed by atoms with Crippen LogP contribution in [0.15, 0.2) is 36.7 Å². The third kappa shape index (κ3) is 3.05. The lowest BCUT2D eigenvalue weighted by Crippen LogP contribution is -2.13. The van der Waals surface area contributed by atoms with Crippen molar-refractivity contribution >= 4 is 11.6 Å². The van der Waals surface area contributed by atoms with Crippen LogP contribution >= 0.6 is 0 Å². The molecule has 24 heavy (non-hydrogen) atoms. The fraction of sp³-hybridized carbons (Fsp3) is 0.133. The van der Waals surface area contributed by atoms with Crippen molar-refractivity contribution in [2.45, 2.75) is 6.18 Å². The number of imidazole rings is 1. The van der Waals surface area contributed by atoms with Gasteiger partial charge < -0.3 is 9.88 Å². The highest BCUT2D eigenvalue weighted by molar-refractivity contribution is 5.59. The molecule has 123 valence electrons. The van der Waals surface area contributed by atoms with E-state index in [1.165, 1.54) is 0 Å². The molecule has 3 rings (SSSR count). The normalized spacial score (nSPS) is 11.5. The first-order valence-corrected chi connectivity index (χ1v) is 6.71. The molecule has 1 radical (unpaired) electrons. The van der Waals surface area contributed by atoms with Gasteiger partial charge in [-0.1, -0.05) is 12.1 Å². The number of aromatic nitrogens is 4. The van der Waals surface area contributed by atoms with Crippen LogP contribution in [0.5, 0.6) is 0 Å². The molecule has 1 N–H and O–H groups in total. The van der Waals surface area contributed by atoms with Gasteiger partial charge in [-0.2, -0.15) is 13.2 Å². The summed E-state index contributed by atoms with van der Waals surface area (Å²) in [5.74, 6) is -1.94. The highest BCUT2D eigenvalue weighted by Crippen LogP contribution is 2.31. The number of rotatable bonds is 3. The van der Waals surface area contributed by atoms with Crippen molar-refractivity contribution < 1.29 is 17.6 Å². The number of nitrogens with zero attached hydrogens (tertiary/aromatic N) is 4. The molecule has 0 unspecified atom stereocenters. The van der Waals surface area contributed by atoms with Crippen LogP contribution in [0.4, 0.5) is 29.2 Å². The molecule has 0 amide bonds. The number of hydrogen-bond acceptors (Lipinski definition) is 4. The predicted octanol–water partition coefficient (Wildman–Crippen LogP) is 3.58. The minimum absolute atomic E-state index is 0.0485. The molecule has 2 heterocycles. The van der Waals surface area contributed by atoms with E-state index < -0.39 is 17.8 Å². The van der Waals surface area contributed by atoms with E-state index in [0.29, 0.717) is 5.69 Å². The molecule has 0 fully saturated rings. The summed E-state index contributed by atoms with van der Waals surface area (Å²) >= 11 is 0. The Bertz CT molecular complexity index is 858. The van der Waals surface area contributed by atoms with Gasteiger partial charge in [0, 0.05) is 12.7 Å². The second-order valence-electron chi connectivity index (χ2n) is 4.83. The van der Waals surface area contributed by atoms with Crippen molar-refractivity contribution in [3.05, 3.63) is 54.4 Å². The lowest BCUT2D eigenvalue weighted by atomic mass is 10.3. The maximum Gasteiger partial charge on any atom is 0.449 e. The molecule has 5 nitrogen and oxygen atoms in total. The molecule has 0 aliphatic carbocycles. The zero-order chi connectivity index (χ0) is 17.3. The molecule has 0 bridgehead atoms. The minimum atomic E-state index is -4.64. The summed E-state index contributed by atoms with van der Waals surface area (Å²) < 4.78 is 53.2. The first kappa shape index (κ1) is 15.9. The van der Waals surface area contributed by atoms with Gasteiger partial charge in [-0.15, -0.1) is 0 Å². The van der Waals surface area contributed by atoms with Crippen molar-refractivity contribution in [1.82, 2.24) is 19.5 Å². The first-order chi connectivity index (χ1) is 11.4. The number of alkyl halides is 3. The van der Waals surface area contributed by atoms with Gasteiger partial charge in [0.1, 0.15) is 5.69 Å². The van der Waals surface area contributed by atoms with Gasteiger partial charge in [-0.3, -0.25) is 0 Å². The zero-order valence-electron chi connectivity index (χ0n) is 12.3. The molecule has 9 heteroatoms. The number of anilines is 2. The van der Waals surface area contributed by atoms with Crippen LogP contribution in [0.3, 0.4) is 0 Å². The molecule has 0 aliphatic heterocycles. The van der Waals surface area contributed by atoms with Crippen LogP contribution in [0.25, 0.3) is 11.4 Å². The van der Waals surface area contributed by atoms with Crippen LogP contribution in [-0.4, -0.2) is 19.5 Å². The molecule has 0 aliphatic rings. The summed E-state index contributed by atoms with van der Waals surface area (Å²) in [6, 6.07) is 9.53. The molecule has 3 aromatic rings. The van der Waals surface area contributed by atoms with Gasteiger partial charge in [0.25, 0.3) is 0 Å². The molecule has 1 aromatic carbocycles. The molecule has 0 spiro atoms. The average Bonchev–Trinajstić information content (AvgIpc) is 2.92. The highest BCUT2D eigenvalue weighted by atomic mass is 19.4. The maximum atomic E-state index is 14.0. The molecule has 2 aromatic heterocycles. The predicted molar refractivity (Wildman–Crippen MR) is 77.8 cm³/mol. The Kier molecular flexibility index (Phi) is 3.92. The largest absolute Gasteiger partial charge is 0.449 e. The van der Waals surface area contributed by atoms with Crippen LogP contribution in [0.1, 0.15) is 5.82 Å². The Morgan fingerprint density at radius 3 is 2.46 bits per heavy atom. The maximum absolute atomic E-state index is 14.0. The Balaban J connectivity index is 2.00. The molecular formula is C15H10F4N5. The van der Waals surface area contributed by atoms with Gasteiger partial charge in [0.05, 0.1) is 18.1 Å². The van der Waals surface area contributed by atoms with Gasteiger partial charge in [-0.05, 0) is 18.2 Å². The van der Waals surface area contributed by atoms with E-state index >= 15 is 0 Å². The van der Waals surface area contributed by atoms with E-state index in [2.05, 4.69) is 26.3 Å². The Morgan fingerprint density at radius 2 is 1.83 bits per heavy atom. The quantitative estimate of drug-likeness (QED) is 0.743. The number of benzene rings is 1. The van der Waals surface area contributed by atoms with Gasteiger partial charge >= 0.3 is 6.18 Å². The van der Waals surface area contributed by atoms with Crippen LogP contribution < -0.4 is 5.32 Å². The fourth-order valence-electron chi connectivity index (χ4n) is 2.10. The van der Waals surface area contributed by atoms with Crippen molar-refractivity contribution in [3.8, 4) is 11.4 Å². The van der Waals surface area contributed by atoms with Gasteiger partial charge in [-0.25, -0.2) is 19.3 Å². The van der Waals surface area contributed by atoms with E-state index in [0.717, 1.165) is 24.0 Å². The Labute approximate surface area is 134 Å². The number of hydrogen-bond donors (Lipinski definition) is 1. The van der Waals surface area contributed by atoms with Gasteiger partial charge in [0.2, 0.25) is 11.8 Å². The summed E-state index contributed by atoms with van der Waals surface area (Å²) in [5.41, 5.74) is 0.249. The smallest absolute Gasteiger partial charge is 0.324 e. The SMILES string of the molecule is Cn1c(-c2nc(Nc3cc[c]cc3)ncc2F)cnc1C(F)(F)F. The first-order valence-electron chi connectivity index (χ1n) is 6.71. The zero-order valence-corrected chi connectivity index (χ0v) is 12.3. The summed E-state index contributed by atoms with van der Waals surface area (Å²) in [6.07, 6.45) is -2.83. The second kappa shape index (κ2) is 5.91. The van der Waals surface area contributed by atoms with Crippen LogP contribution in [0, 0.1) is 11.9 Å². The topological polar surface area (TPSA) is 55.6 Å². The van der Waals surface area contributed by atoms with Crippen molar-refractivity contribution in [1.29, 1.82) is 0 Å². The summed E-state index contributed by atoms with van der Waals surface area (Å²) in [4.78, 5) is 11.0. The lowest BCUT2D eigenvalue weighted by Gasteiger charge is -2.10. The van der Waals surface area contributed by atoms with Crippen molar-refractivity contribution in [3.63, 3.8) is 0 Å². The van der Waals surface area contributed by atoms with E-state index in [9.17, 15) is 17.6 Å². The third-order valence-electron chi connectivity index (χ3n) is 3.20. The summed E-state index contributed by atoms with van der Waals surface area (Å²) in [7, 11) is 1.15. The third-order valence-corrected chi connectivity index (χ3v) is 3.20. The number of halogens is 4. The number of nitrogens with one attached hydrogen (secondary N) is 1.